The van der Waals surface area contributed by atoms with Crippen LogP contribution < -0.4 is 10.9 Å². The van der Waals surface area contributed by atoms with Crippen LogP contribution in [-0.2, 0) is 11.3 Å². The standard InChI is InChI=1S/C16H23N3O3/c1-11(2)10-18-7-4-5-13(15(18)21)16(22)19-8-6-17-14(20)9-12(19)3/h4-5,7,11-12H,6,8-10H2,1-3H3,(H,17,20). The van der Waals surface area contributed by atoms with Gasteiger partial charge in [0.15, 0.2) is 0 Å². The second kappa shape index (κ2) is 6.77. The molecule has 120 valence electrons. The van der Waals surface area contributed by atoms with Crippen molar-refractivity contribution in [3.8, 4) is 0 Å². The Morgan fingerprint density at radius 3 is 2.82 bits per heavy atom. The maximum absolute atomic E-state index is 12.7. The molecular formula is C16H23N3O3. The lowest BCUT2D eigenvalue weighted by molar-refractivity contribution is -0.121. The zero-order valence-corrected chi connectivity index (χ0v) is 13.3. The van der Waals surface area contributed by atoms with E-state index >= 15 is 0 Å². The lowest BCUT2D eigenvalue weighted by atomic mass is 10.1. The molecule has 22 heavy (non-hydrogen) atoms. The molecule has 1 atom stereocenters. The summed E-state index contributed by atoms with van der Waals surface area (Å²) in [6.07, 6.45) is 1.97. The second-order valence-electron chi connectivity index (χ2n) is 6.17. The highest BCUT2D eigenvalue weighted by atomic mass is 16.2. The first-order chi connectivity index (χ1) is 10.4. The molecule has 1 N–H and O–H groups in total. The molecule has 1 fully saturated rings. The van der Waals surface area contributed by atoms with Crippen LogP contribution in [0.4, 0.5) is 0 Å². The normalized spacial score (nSPS) is 19.0. The molecule has 1 saturated heterocycles. The maximum atomic E-state index is 12.7. The third kappa shape index (κ3) is 3.55. The summed E-state index contributed by atoms with van der Waals surface area (Å²) in [5.74, 6) is -0.0397. The van der Waals surface area contributed by atoms with E-state index in [1.54, 1.807) is 27.8 Å². The fourth-order valence-corrected chi connectivity index (χ4v) is 2.68. The van der Waals surface area contributed by atoms with Gasteiger partial charge in [0.1, 0.15) is 5.56 Å². The van der Waals surface area contributed by atoms with Gasteiger partial charge in [-0.25, -0.2) is 0 Å². The van der Waals surface area contributed by atoms with E-state index in [1.165, 1.54) is 0 Å². The Labute approximate surface area is 130 Å². The highest BCUT2D eigenvalue weighted by molar-refractivity contribution is 5.94. The van der Waals surface area contributed by atoms with Crippen molar-refractivity contribution in [2.45, 2.75) is 39.8 Å². The molecule has 6 nitrogen and oxygen atoms in total. The van der Waals surface area contributed by atoms with Crippen LogP contribution in [0.1, 0.15) is 37.6 Å². The van der Waals surface area contributed by atoms with Crippen LogP contribution in [0.5, 0.6) is 0 Å². The van der Waals surface area contributed by atoms with Crippen molar-refractivity contribution in [2.24, 2.45) is 5.92 Å². The molecule has 1 aliphatic rings. The van der Waals surface area contributed by atoms with Gasteiger partial charge in [-0.05, 0) is 25.0 Å². The van der Waals surface area contributed by atoms with Gasteiger partial charge in [-0.3, -0.25) is 14.4 Å². The number of carbonyl (C=O) groups is 2. The van der Waals surface area contributed by atoms with Gasteiger partial charge >= 0.3 is 0 Å². The number of amides is 2. The molecule has 1 aromatic heterocycles. The minimum absolute atomic E-state index is 0.0620. The average Bonchev–Trinajstić information content (AvgIpc) is 2.60. The Bertz CT molecular complexity index is 621. The Morgan fingerprint density at radius 2 is 2.14 bits per heavy atom. The lowest BCUT2D eigenvalue weighted by Crippen LogP contribution is -2.42. The fraction of sp³-hybridized carbons (Fsp3) is 0.562. The second-order valence-corrected chi connectivity index (χ2v) is 6.17. The smallest absolute Gasteiger partial charge is 0.263 e. The number of nitrogens with one attached hydrogen (secondary N) is 1. The van der Waals surface area contributed by atoms with Crippen LogP contribution in [0.25, 0.3) is 0 Å². The molecular weight excluding hydrogens is 282 g/mol. The molecule has 1 unspecified atom stereocenters. The van der Waals surface area contributed by atoms with Gasteiger partial charge < -0.3 is 14.8 Å². The molecule has 0 bridgehead atoms. The van der Waals surface area contributed by atoms with Crippen molar-refractivity contribution in [3.63, 3.8) is 0 Å². The van der Waals surface area contributed by atoms with E-state index in [-0.39, 0.29) is 35.4 Å². The molecule has 2 heterocycles. The van der Waals surface area contributed by atoms with E-state index in [2.05, 4.69) is 5.32 Å². The molecule has 1 aromatic rings. The number of hydrogen-bond acceptors (Lipinski definition) is 3. The summed E-state index contributed by atoms with van der Waals surface area (Å²) in [6.45, 7) is 7.30. The number of aromatic nitrogens is 1. The van der Waals surface area contributed by atoms with Crippen molar-refractivity contribution in [1.82, 2.24) is 14.8 Å². The fourth-order valence-electron chi connectivity index (χ4n) is 2.68. The third-order valence-electron chi connectivity index (χ3n) is 3.76. The SMILES string of the molecule is CC(C)Cn1cccc(C(=O)N2CCNC(=O)CC2C)c1=O. The predicted octanol–water partition coefficient (Wildman–Crippen LogP) is 0.855. The highest BCUT2D eigenvalue weighted by Crippen LogP contribution is 2.11. The van der Waals surface area contributed by atoms with Gasteiger partial charge in [0.2, 0.25) is 5.91 Å². The van der Waals surface area contributed by atoms with Crippen LogP contribution in [0.15, 0.2) is 23.1 Å². The molecule has 2 amide bonds. The van der Waals surface area contributed by atoms with E-state index in [1.807, 2.05) is 20.8 Å². The molecule has 1 aliphatic heterocycles. The Hall–Kier alpha value is -2.11. The maximum Gasteiger partial charge on any atom is 0.263 e. The van der Waals surface area contributed by atoms with Crippen LogP contribution in [0.2, 0.25) is 0 Å². The first-order valence-electron chi connectivity index (χ1n) is 7.67. The topological polar surface area (TPSA) is 71.4 Å². The van der Waals surface area contributed by atoms with Crippen LogP contribution in [0.3, 0.4) is 0 Å². The van der Waals surface area contributed by atoms with Crippen molar-refractivity contribution in [3.05, 3.63) is 34.2 Å². The molecule has 0 aromatic carbocycles. The van der Waals surface area contributed by atoms with Gasteiger partial charge in [-0.1, -0.05) is 13.8 Å². The zero-order chi connectivity index (χ0) is 16.3. The van der Waals surface area contributed by atoms with Gasteiger partial charge in [0.05, 0.1) is 0 Å². The lowest BCUT2D eigenvalue weighted by Gasteiger charge is -2.26. The van der Waals surface area contributed by atoms with E-state index < -0.39 is 0 Å². The Balaban J connectivity index is 2.29. The van der Waals surface area contributed by atoms with E-state index in [9.17, 15) is 14.4 Å². The van der Waals surface area contributed by atoms with Crippen molar-refractivity contribution < 1.29 is 9.59 Å². The number of carbonyl (C=O) groups excluding carboxylic acids is 2. The summed E-state index contributed by atoms with van der Waals surface area (Å²) in [6, 6.07) is 3.07. The van der Waals surface area contributed by atoms with Gasteiger partial charge in [0.25, 0.3) is 11.5 Å². The van der Waals surface area contributed by atoms with Crippen LogP contribution >= 0.6 is 0 Å². The molecule has 6 heteroatoms. The number of pyridine rings is 1. The third-order valence-corrected chi connectivity index (χ3v) is 3.76. The minimum Gasteiger partial charge on any atom is -0.354 e. The summed E-state index contributed by atoms with van der Waals surface area (Å²) in [5, 5.41) is 2.75. The molecule has 0 aliphatic carbocycles. The van der Waals surface area contributed by atoms with Crippen LogP contribution in [0, 0.1) is 5.92 Å². The summed E-state index contributed by atoms with van der Waals surface area (Å²) in [7, 11) is 0. The van der Waals surface area contributed by atoms with Gasteiger partial charge in [-0.15, -0.1) is 0 Å². The van der Waals surface area contributed by atoms with E-state index in [0.717, 1.165) is 0 Å². The van der Waals surface area contributed by atoms with Crippen molar-refractivity contribution >= 4 is 11.8 Å². The first kappa shape index (κ1) is 16.3. The Kier molecular flexibility index (Phi) is 5.00. The summed E-state index contributed by atoms with van der Waals surface area (Å²) in [5.41, 5.74) is -0.0960. The summed E-state index contributed by atoms with van der Waals surface area (Å²) >= 11 is 0. The monoisotopic (exact) mass is 305 g/mol. The molecule has 0 saturated carbocycles. The molecule has 2 rings (SSSR count). The largest absolute Gasteiger partial charge is 0.354 e. The molecule has 0 radical (unpaired) electrons. The predicted molar refractivity (Wildman–Crippen MR) is 83.7 cm³/mol. The van der Waals surface area contributed by atoms with Crippen LogP contribution in [-0.4, -0.2) is 40.4 Å². The van der Waals surface area contributed by atoms with Gasteiger partial charge in [-0.2, -0.15) is 0 Å². The van der Waals surface area contributed by atoms with Crippen molar-refractivity contribution in [1.29, 1.82) is 0 Å². The first-order valence-corrected chi connectivity index (χ1v) is 7.67. The van der Waals surface area contributed by atoms with Crippen molar-refractivity contribution in [2.75, 3.05) is 13.1 Å². The Morgan fingerprint density at radius 1 is 1.41 bits per heavy atom. The number of rotatable bonds is 3. The number of nitrogens with zero attached hydrogens (tertiary/aromatic N) is 2. The highest BCUT2D eigenvalue weighted by Gasteiger charge is 2.27. The van der Waals surface area contributed by atoms with Gasteiger partial charge in [0, 0.05) is 38.3 Å². The zero-order valence-electron chi connectivity index (χ0n) is 13.3. The number of hydrogen-bond donors (Lipinski definition) is 1. The minimum atomic E-state index is -0.299. The molecule has 0 spiro atoms. The summed E-state index contributed by atoms with van der Waals surface area (Å²) in [4.78, 5) is 38.3. The summed E-state index contributed by atoms with van der Waals surface area (Å²) < 4.78 is 1.57. The van der Waals surface area contributed by atoms with E-state index in [4.69, 9.17) is 0 Å². The van der Waals surface area contributed by atoms with E-state index in [0.29, 0.717) is 25.6 Å². The average molecular weight is 305 g/mol. The quantitative estimate of drug-likeness (QED) is 0.900.